The second-order valence-corrected chi connectivity index (χ2v) is 5.53. The van der Waals surface area contributed by atoms with Gasteiger partial charge in [-0.15, -0.1) is 0 Å². The highest BCUT2D eigenvalue weighted by atomic mass is 16.4. The van der Waals surface area contributed by atoms with Gasteiger partial charge in [0.25, 0.3) is 0 Å². The minimum atomic E-state index is -0.859. The summed E-state index contributed by atoms with van der Waals surface area (Å²) in [6.45, 7) is 2.34. The minimum Gasteiger partial charge on any atom is -0.481 e. The van der Waals surface area contributed by atoms with E-state index in [4.69, 9.17) is 5.11 Å². The molecule has 0 saturated carbocycles. The number of carboxylic acid groups (broad SMARTS) is 1. The normalized spacial score (nSPS) is 18.2. The average molecular weight is 290 g/mol. The highest BCUT2D eigenvalue weighted by Crippen LogP contribution is 2.14. The van der Waals surface area contributed by atoms with Crippen LogP contribution >= 0.6 is 0 Å². The summed E-state index contributed by atoms with van der Waals surface area (Å²) in [6.07, 6.45) is 2.74. The summed E-state index contributed by atoms with van der Waals surface area (Å²) >= 11 is 0. The van der Waals surface area contributed by atoms with Crippen LogP contribution in [0.4, 0.5) is 0 Å². The topological polar surface area (TPSA) is 78.4 Å². The van der Waals surface area contributed by atoms with Crippen molar-refractivity contribution in [3.05, 3.63) is 35.4 Å². The number of amides is 1. The molecular formula is C16H22N2O3. The Morgan fingerprint density at radius 3 is 2.71 bits per heavy atom. The summed E-state index contributed by atoms with van der Waals surface area (Å²) in [6, 6.07) is 7.33. The van der Waals surface area contributed by atoms with E-state index in [1.54, 1.807) is 6.07 Å². The fourth-order valence-corrected chi connectivity index (χ4v) is 2.69. The predicted molar refractivity (Wildman–Crippen MR) is 79.8 cm³/mol. The number of carboxylic acids is 1. The minimum absolute atomic E-state index is 0.0153. The first-order chi connectivity index (χ1) is 10.1. The number of piperidine rings is 1. The van der Waals surface area contributed by atoms with Gasteiger partial charge in [-0.25, -0.2) is 0 Å². The molecule has 5 nitrogen and oxygen atoms in total. The largest absolute Gasteiger partial charge is 0.481 e. The lowest BCUT2D eigenvalue weighted by Crippen LogP contribution is -2.34. The molecule has 1 amide bonds. The zero-order valence-electron chi connectivity index (χ0n) is 12.1. The molecular weight excluding hydrogens is 268 g/mol. The zero-order chi connectivity index (χ0) is 15.1. The molecule has 1 heterocycles. The van der Waals surface area contributed by atoms with E-state index >= 15 is 0 Å². The lowest BCUT2D eigenvalue weighted by atomic mass is 9.96. The van der Waals surface area contributed by atoms with Crippen LogP contribution in [-0.4, -0.2) is 30.1 Å². The van der Waals surface area contributed by atoms with Gasteiger partial charge in [-0.1, -0.05) is 24.3 Å². The van der Waals surface area contributed by atoms with Gasteiger partial charge in [-0.2, -0.15) is 0 Å². The Bertz CT molecular complexity index is 496. The lowest BCUT2D eigenvalue weighted by molar-refractivity contribution is -0.136. The third-order valence-electron chi connectivity index (χ3n) is 3.81. The molecule has 1 fully saturated rings. The van der Waals surface area contributed by atoms with Gasteiger partial charge in [-0.3, -0.25) is 9.59 Å². The first-order valence-corrected chi connectivity index (χ1v) is 7.41. The molecule has 0 spiro atoms. The van der Waals surface area contributed by atoms with Gasteiger partial charge >= 0.3 is 5.97 Å². The van der Waals surface area contributed by atoms with Crippen LogP contribution in [0.25, 0.3) is 0 Å². The number of aliphatic carboxylic acids is 1. The third kappa shape index (κ3) is 5.19. The van der Waals surface area contributed by atoms with Crippen molar-refractivity contribution in [3.63, 3.8) is 0 Å². The molecule has 5 heteroatoms. The van der Waals surface area contributed by atoms with Gasteiger partial charge in [0.15, 0.2) is 0 Å². The molecule has 2 rings (SSSR count). The Hall–Kier alpha value is -1.88. The van der Waals surface area contributed by atoms with Crippen molar-refractivity contribution in [2.75, 3.05) is 13.1 Å². The van der Waals surface area contributed by atoms with Crippen LogP contribution in [0.5, 0.6) is 0 Å². The highest BCUT2D eigenvalue weighted by molar-refractivity contribution is 5.76. The lowest BCUT2D eigenvalue weighted by Gasteiger charge is -2.22. The Morgan fingerprint density at radius 2 is 2.05 bits per heavy atom. The predicted octanol–water partition coefficient (Wildman–Crippen LogP) is 1.32. The molecule has 1 aromatic rings. The maximum Gasteiger partial charge on any atom is 0.307 e. The number of nitrogens with one attached hydrogen (secondary N) is 2. The van der Waals surface area contributed by atoms with E-state index in [1.165, 1.54) is 0 Å². The molecule has 0 aliphatic carbocycles. The highest BCUT2D eigenvalue weighted by Gasteiger charge is 2.16. The number of benzene rings is 1. The van der Waals surface area contributed by atoms with Gasteiger partial charge in [0.2, 0.25) is 5.91 Å². The molecule has 1 aromatic carbocycles. The van der Waals surface area contributed by atoms with Gasteiger partial charge in [0, 0.05) is 13.0 Å². The monoisotopic (exact) mass is 290 g/mol. The average Bonchev–Trinajstić information content (AvgIpc) is 2.47. The summed E-state index contributed by atoms with van der Waals surface area (Å²) in [5.41, 5.74) is 1.62. The van der Waals surface area contributed by atoms with Crippen molar-refractivity contribution in [1.29, 1.82) is 0 Å². The first kappa shape index (κ1) is 15.5. The van der Waals surface area contributed by atoms with Crippen LogP contribution in [-0.2, 0) is 22.6 Å². The molecule has 1 aliphatic heterocycles. The van der Waals surface area contributed by atoms with Crippen molar-refractivity contribution in [2.45, 2.75) is 32.2 Å². The molecule has 0 aromatic heterocycles. The van der Waals surface area contributed by atoms with E-state index in [0.717, 1.165) is 37.1 Å². The van der Waals surface area contributed by atoms with E-state index in [2.05, 4.69) is 10.6 Å². The molecule has 1 aliphatic rings. The molecule has 1 saturated heterocycles. The molecule has 21 heavy (non-hydrogen) atoms. The fourth-order valence-electron chi connectivity index (χ4n) is 2.69. The van der Waals surface area contributed by atoms with E-state index in [9.17, 15) is 9.59 Å². The second kappa shape index (κ2) is 7.78. The maximum absolute atomic E-state index is 12.0. The number of carbonyl (C=O) groups excluding carboxylic acids is 1. The quantitative estimate of drug-likeness (QED) is 0.738. The zero-order valence-corrected chi connectivity index (χ0v) is 12.1. The summed E-state index contributed by atoms with van der Waals surface area (Å²) < 4.78 is 0. The van der Waals surface area contributed by atoms with Crippen molar-refractivity contribution in [1.82, 2.24) is 10.6 Å². The summed E-state index contributed by atoms with van der Waals surface area (Å²) in [7, 11) is 0. The van der Waals surface area contributed by atoms with Crippen LogP contribution in [0, 0.1) is 5.92 Å². The van der Waals surface area contributed by atoms with Gasteiger partial charge < -0.3 is 15.7 Å². The van der Waals surface area contributed by atoms with Crippen LogP contribution in [0.3, 0.4) is 0 Å². The Kier molecular flexibility index (Phi) is 5.75. The van der Waals surface area contributed by atoms with E-state index in [-0.39, 0.29) is 12.3 Å². The van der Waals surface area contributed by atoms with E-state index in [0.29, 0.717) is 18.9 Å². The van der Waals surface area contributed by atoms with Crippen molar-refractivity contribution >= 4 is 11.9 Å². The van der Waals surface area contributed by atoms with Gasteiger partial charge in [-0.05, 0) is 43.0 Å². The molecule has 0 radical (unpaired) electrons. The van der Waals surface area contributed by atoms with Crippen LogP contribution in [0.1, 0.15) is 30.4 Å². The number of hydrogen-bond acceptors (Lipinski definition) is 3. The summed E-state index contributed by atoms with van der Waals surface area (Å²) in [5, 5.41) is 15.1. The van der Waals surface area contributed by atoms with Crippen LogP contribution in [0.15, 0.2) is 24.3 Å². The molecule has 0 bridgehead atoms. The Balaban J connectivity index is 1.84. The van der Waals surface area contributed by atoms with E-state index < -0.39 is 5.97 Å². The Labute approximate surface area is 124 Å². The molecule has 1 atom stereocenters. The third-order valence-corrected chi connectivity index (χ3v) is 3.81. The first-order valence-electron chi connectivity index (χ1n) is 7.41. The van der Waals surface area contributed by atoms with Gasteiger partial charge in [0.05, 0.1) is 6.42 Å². The van der Waals surface area contributed by atoms with Crippen molar-refractivity contribution < 1.29 is 14.7 Å². The number of rotatable bonds is 6. The van der Waals surface area contributed by atoms with Gasteiger partial charge in [0.1, 0.15) is 0 Å². The smallest absolute Gasteiger partial charge is 0.307 e. The molecule has 114 valence electrons. The number of carbonyl (C=O) groups is 2. The van der Waals surface area contributed by atoms with Crippen LogP contribution < -0.4 is 10.6 Å². The maximum atomic E-state index is 12.0. The Morgan fingerprint density at radius 1 is 1.29 bits per heavy atom. The van der Waals surface area contributed by atoms with Crippen molar-refractivity contribution in [3.8, 4) is 0 Å². The van der Waals surface area contributed by atoms with Crippen LogP contribution in [0.2, 0.25) is 0 Å². The number of hydrogen-bond donors (Lipinski definition) is 3. The van der Waals surface area contributed by atoms with Crippen molar-refractivity contribution in [2.24, 2.45) is 5.92 Å². The SMILES string of the molecule is O=C(O)Cc1ccccc1CNC(=O)CC1CCCNC1. The summed E-state index contributed by atoms with van der Waals surface area (Å²) in [5.74, 6) is -0.413. The van der Waals surface area contributed by atoms with E-state index in [1.807, 2.05) is 18.2 Å². The molecule has 1 unspecified atom stereocenters. The summed E-state index contributed by atoms with van der Waals surface area (Å²) in [4.78, 5) is 22.8. The molecule has 3 N–H and O–H groups in total. The standard InChI is InChI=1S/C16H22N2O3/c19-15(8-12-4-3-7-17-10-12)18-11-14-6-2-1-5-13(14)9-16(20)21/h1-2,5-6,12,17H,3-4,7-11H2,(H,18,19)(H,20,21). The second-order valence-electron chi connectivity index (χ2n) is 5.53. The fraction of sp³-hybridized carbons (Fsp3) is 0.500.